The number of carbonyl (C=O) groups is 2. The predicted octanol–water partition coefficient (Wildman–Crippen LogP) is 3.22. The molecule has 1 heterocycles. The molecule has 4 nitrogen and oxygen atoms in total. The molecule has 0 spiro atoms. The van der Waals surface area contributed by atoms with Crippen LogP contribution in [-0.2, 0) is 4.79 Å². The van der Waals surface area contributed by atoms with Gasteiger partial charge in [-0.2, -0.15) is 0 Å². The number of amides is 1. The standard InChI is InChI=1S/C16H20ClNO3/c1-10(2)16(15(20)21)7-8-18(9-16)14(19)12-6-4-5-11(3)13(12)17/h4-6,10H,7-9H2,1-3H3,(H,20,21). The van der Waals surface area contributed by atoms with Crippen molar-refractivity contribution in [3.8, 4) is 0 Å². The van der Waals surface area contributed by atoms with Gasteiger partial charge in [-0.15, -0.1) is 0 Å². The highest BCUT2D eigenvalue weighted by molar-refractivity contribution is 6.34. The highest BCUT2D eigenvalue weighted by Gasteiger charge is 2.48. The van der Waals surface area contributed by atoms with Gasteiger partial charge in [-0.25, -0.2) is 0 Å². The smallest absolute Gasteiger partial charge is 0.311 e. The number of aliphatic carboxylic acids is 1. The van der Waals surface area contributed by atoms with Gasteiger partial charge in [0.05, 0.1) is 16.0 Å². The van der Waals surface area contributed by atoms with Crippen LogP contribution in [0.2, 0.25) is 5.02 Å². The monoisotopic (exact) mass is 309 g/mol. The Kier molecular flexibility index (Phi) is 4.28. The number of likely N-dealkylation sites (tertiary alicyclic amines) is 1. The van der Waals surface area contributed by atoms with Gasteiger partial charge in [0, 0.05) is 13.1 Å². The second-order valence-corrected chi connectivity index (χ2v) is 6.41. The van der Waals surface area contributed by atoms with E-state index < -0.39 is 11.4 Å². The third-order valence-electron chi connectivity index (χ3n) is 4.54. The second-order valence-electron chi connectivity index (χ2n) is 6.03. The zero-order chi connectivity index (χ0) is 15.8. The molecule has 1 aromatic rings. The Morgan fingerprint density at radius 3 is 2.57 bits per heavy atom. The van der Waals surface area contributed by atoms with E-state index in [9.17, 15) is 14.7 Å². The Morgan fingerprint density at radius 2 is 2.05 bits per heavy atom. The van der Waals surface area contributed by atoms with E-state index in [0.29, 0.717) is 23.6 Å². The number of nitrogens with zero attached hydrogens (tertiary/aromatic N) is 1. The molecule has 0 bridgehead atoms. The Balaban J connectivity index is 2.27. The lowest BCUT2D eigenvalue weighted by Gasteiger charge is -2.28. The van der Waals surface area contributed by atoms with Crippen molar-refractivity contribution in [1.29, 1.82) is 0 Å². The van der Waals surface area contributed by atoms with Gasteiger partial charge in [-0.1, -0.05) is 37.6 Å². The first kappa shape index (κ1) is 15.8. The van der Waals surface area contributed by atoms with Crippen molar-refractivity contribution in [2.45, 2.75) is 27.2 Å². The van der Waals surface area contributed by atoms with Crippen molar-refractivity contribution in [2.75, 3.05) is 13.1 Å². The summed E-state index contributed by atoms with van der Waals surface area (Å²) in [6.07, 6.45) is 0.481. The highest BCUT2D eigenvalue weighted by Crippen LogP contribution is 2.39. The number of halogens is 1. The largest absolute Gasteiger partial charge is 0.481 e. The maximum absolute atomic E-state index is 12.6. The lowest BCUT2D eigenvalue weighted by Crippen LogP contribution is -2.40. The summed E-state index contributed by atoms with van der Waals surface area (Å²) in [5.41, 5.74) is 0.433. The minimum Gasteiger partial charge on any atom is -0.481 e. The van der Waals surface area contributed by atoms with Crippen LogP contribution in [0.5, 0.6) is 0 Å². The van der Waals surface area contributed by atoms with E-state index in [0.717, 1.165) is 5.56 Å². The molecule has 5 heteroatoms. The molecule has 21 heavy (non-hydrogen) atoms. The molecule has 2 rings (SSSR count). The molecule has 0 radical (unpaired) electrons. The summed E-state index contributed by atoms with van der Waals surface area (Å²) in [6.45, 7) is 6.32. The van der Waals surface area contributed by atoms with Crippen LogP contribution < -0.4 is 0 Å². The molecule has 1 aromatic carbocycles. The molecule has 0 aliphatic carbocycles. The summed E-state index contributed by atoms with van der Waals surface area (Å²) in [6, 6.07) is 5.32. The zero-order valence-corrected chi connectivity index (χ0v) is 13.3. The van der Waals surface area contributed by atoms with Gasteiger partial charge in [-0.3, -0.25) is 9.59 Å². The molecule has 0 aromatic heterocycles. The summed E-state index contributed by atoms with van der Waals surface area (Å²) in [7, 11) is 0. The van der Waals surface area contributed by atoms with Crippen molar-refractivity contribution >= 4 is 23.5 Å². The van der Waals surface area contributed by atoms with Crippen LogP contribution in [0.3, 0.4) is 0 Å². The summed E-state index contributed by atoms with van der Waals surface area (Å²) in [4.78, 5) is 25.8. The molecule has 1 atom stereocenters. The average Bonchev–Trinajstić information content (AvgIpc) is 2.87. The minimum atomic E-state index is -0.855. The number of carboxylic acid groups (broad SMARTS) is 1. The first-order valence-electron chi connectivity index (χ1n) is 7.07. The lowest BCUT2D eigenvalue weighted by atomic mass is 9.76. The Bertz CT molecular complexity index is 585. The van der Waals surface area contributed by atoms with Gasteiger partial charge in [0.2, 0.25) is 0 Å². The molecule has 1 saturated heterocycles. The topological polar surface area (TPSA) is 57.6 Å². The normalized spacial score (nSPS) is 21.9. The fourth-order valence-electron chi connectivity index (χ4n) is 2.88. The van der Waals surface area contributed by atoms with Crippen molar-refractivity contribution in [1.82, 2.24) is 4.90 Å². The van der Waals surface area contributed by atoms with Crippen LogP contribution in [0.15, 0.2) is 18.2 Å². The summed E-state index contributed by atoms with van der Waals surface area (Å²) < 4.78 is 0. The summed E-state index contributed by atoms with van der Waals surface area (Å²) in [5, 5.41) is 9.98. The van der Waals surface area contributed by atoms with Crippen molar-refractivity contribution in [3.63, 3.8) is 0 Å². The molecular weight excluding hydrogens is 290 g/mol. The summed E-state index contributed by atoms with van der Waals surface area (Å²) >= 11 is 6.20. The van der Waals surface area contributed by atoms with Gasteiger partial charge in [-0.05, 0) is 30.9 Å². The fraction of sp³-hybridized carbons (Fsp3) is 0.500. The molecule has 1 amide bonds. The molecular formula is C16H20ClNO3. The third kappa shape index (κ3) is 2.64. The van der Waals surface area contributed by atoms with Gasteiger partial charge < -0.3 is 10.0 Å². The number of hydrogen-bond acceptors (Lipinski definition) is 2. The summed E-state index contributed by atoms with van der Waals surface area (Å²) in [5.74, 6) is -1.05. The number of carboxylic acids is 1. The van der Waals surface area contributed by atoms with Gasteiger partial charge in [0.25, 0.3) is 5.91 Å². The fourth-order valence-corrected chi connectivity index (χ4v) is 3.09. The molecule has 1 unspecified atom stereocenters. The number of rotatable bonds is 3. The Labute approximate surface area is 129 Å². The van der Waals surface area contributed by atoms with Crippen LogP contribution in [0.1, 0.15) is 36.2 Å². The van der Waals surface area contributed by atoms with E-state index in [-0.39, 0.29) is 18.4 Å². The van der Waals surface area contributed by atoms with E-state index in [1.54, 1.807) is 17.0 Å². The Morgan fingerprint density at radius 1 is 1.38 bits per heavy atom. The van der Waals surface area contributed by atoms with Gasteiger partial charge in [0.15, 0.2) is 0 Å². The average molecular weight is 310 g/mol. The number of carbonyl (C=O) groups excluding carboxylic acids is 1. The molecule has 1 aliphatic heterocycles. The van der Waals surface area contributed by atoms with Crippen LogP contribution in [0.25, 0.3) is 0 Å². The second kappa shape index (κ2) is 5.68. The van der Waals surface area contributed by atoms with Gasteiger partial charge >= 0.3 is 5.97 Å². The SMILES string of the molecule is Cc1cccc(C(=O)N2CCC(C(=O)O)(C(C)C)C2)c1Cl. The predicted molar refractivity (Wildman–Crippen MR) is 81.6 cm³/mol. The van der Waals surface area contributed by atoms with E-state index in [4.69, 9.17) is 11.6 Å². The number of hydrogen-bond donors (Lipinski definition) is 1. The first-order chi connectivity index (χ1) is 9.79. The van der Waals surface area contributed by atoms with Crippen molar-refractivity contribution in [2.24, 2.45) is 11.3 Å². The zero-order valence-electron chi connectivity index (χ0n) is 12.5. The highest BCUT2D eigenvalue weighted by atomic mass is 35.5. The minimum absolute atomic E-state index is 0.0271. The molecule has 1 fully saturated rings. The van der Waals surface area contributed by atoms with E-state index >= 15 is 0 Å². The number of aryl methyl sites for hydroxylation is 1. The van der Waals surface area contributed by atoms with E-state index in [2.05, 4.69) is 0 Å². The lowest BCUT2D eigenvalue weighted by molar-refractivity contribution is -0.150. The number of benzene rings is 1. The third-order valence-corrected chi connectivity index (χ3v) is 5.04. The molecule has 1 aliphatic rings. The van der Waals surface area contributed by atoms with E-state index in [1.807, 2.05) is 26.8 Å². The van der Waals surface area contributed by atoms with Crippen LogP contribution >= 0.6 is 11.6 Å². The van der Waals surface area contributed by atoms with Crippen molar-refractivity contribution < 1.29 is 14.7 Å². The molecule has 0 saturated carbocycles. The van der Waals surface area contributed by atoms with Crippen LogP contribution in [-0.4, -0.2) is 35.0 Å². The quantitative estimate of drug-likeness (QED) is 0.932. The maximum atomic E-state index is 12.6. The maximum Gasteiger partial charge on any atom is 0.311 e. The van der Waals surface area contributed by atoms with E-state index in [1.165, 1.54) is 0 Å². The molecule has 1 N–H and O–H groups in total. The Hall–Kier alpha value is -1.55. The van der Waals surface area contributed by atoms with Crippen LogP contribution in [0.4, 0.5) is 0 Å². The van der Waals surface area contributed by atoms with Crippen molar-refractivity contribution in [3.05, 3.63) is 34.3 Å². The van der Waals surface area contributed by atoms with Gasteiger partial charge in [0.1, 0.15) is 0 Å². The first-order valence-corrected chi connectivity index (χ1v) is 7.45. The molecule has 114 valence electrons. The van der Waals surface area contributed by atoms with Crippen LogP contribution in [0, 0.1) is 18.3 Å².